The van der Waals surface area contributed by atoms with Crippen LogP contribution in [0.15, 0.2) is 78.9 Å². The van der Waals surface area contributed by atoms with E-state index in [1.807, 2.05) is 71.7 Å². The second kappa shape index (κ2) is 8.06. The molecule has 0 fully saturated rings. The van der Waals surface area contributed by atoms with Gasteiger partial charge in [0.25, 0.3) is 5.91 Å². The van der Waals surface area contributed by atoms with Crippen LogP contribution in [-0.4, -0.2) is 25.4 Å². The molecular weight excluding hydrogens is 364 g/mol. The van der Waals surface area contributed by atoms with E-state index in [4.69, 9.17) is 0 Å². The van der Waals surface area contributed by atoms with Crippen LogP contribution in [0.1, 0.15) is 15.9 Å². The normalized spacial score (nSPS) is 13.1. The van der Waals surface area contributed by atoms with E-state index < -0.39 is 0 Å². The van der Waals surface area contributed by atoms with Crippen LogP contribution in [0.5, 0.6) is 0 Å². The van der Waals surface area contributed by atoms with Crippen molar-refractivity contribution in [2.75, 3.05) is 28.9 Å². The lowest BCUT2D eigenvalue weighted by atomic mass is 10.1. The van der Waals surface area contributed by atoms with Crippen LogP contribution in [-0.2, 0) is 11.3 Å². The van der Waals surface area contributed by atoms with Crippen molar-refractivity contribution >= 4 is 28.9 Å². The molecule has 0 aromatic heterocycles. The molecule has 2 N–H and O–H groups in total. The highest BCUT2D eigenvalue weighted by atomic mass is 16.2. The van der Waals surface area contributed by atoms with Crippen LogP contribution in [0.25, 0.3) is 0 Å². The first-order chi connectivity index (χ1) is 14.1. The van der Waals surface area contributed by atoms with Gasteiger partial charge in [-0.05, 0) is 42.0 Å². The molecule has 1 aliphatic rings. The number of hydrogen-bond acceptors (Lipinski definition) is 4. The van der Waals surface area contributed by atoms with Gasteiger partial charge in [0, 0.05) is 19.2 Å². The molecule has 0 bridgehead atoms. The Labute approximate surface area is 169 Å². The molecule has 0 saturated carbocycles. The van der Waals surface area contributed by atoms with Crippen molar-refractivity contribution in [3.63, 3.8) is 0 Å². The van der Waals surface area contributed by atoms with Crippen LogP contribution in [0.3, 0.4) is 0 Å². The van der Waals surface area contributed by atoms with Crippen LogP contribution < -0.4 is 20.7 Å². The molecule has 2 amide bonds. The third-order valence-electron chi connectivity index (χ3n) is 4.91. The highest BCUT2D eigenvalue weighted by molar-refractivity contribution is 6.03. The molecule has 6 nitrogen and oxygen atoms in total. The Hall–Kier alpha value is -3.80. The van der Waals surface area contributed by atoms with E-state index in [-0.39, 0.29) is 18.4 Å². The molecule has 0 unspecified atom stereocenters. The zero-order valence-electron chi connectivity index (χ0n) is 16.1. The van der Waals surface area contributed by atoms with E-state index in [1.165, 1.54) is 0 Å². The topological polar surface area (TPSA) is 64.7 Å². The Balaban J connectivity index is 1.43. The number of para-hydroxylation sites is 2. The third-order valence-corrected chi connectivity index (χ3v) is 4.91. The lowest BCUT2D eigenvalue weighted by Gasteiger charge is -2.35. The van der Waals surface area contributed by atoms with E-state index in [2.05, 4.69) is 10.7 Å². The summed E-state index contributed by atoms with van der Waals surface area (Å²) in [6.45, 7) is 0.715. The Morgan fingerprint density at radius 3 is 2.28 bits per heavy atom. The number of carbonyl (C=O) groups excluding carboxylic acids is 2. The quantitative estimate of drug-likeness (QED) is 0.705. The van der Waals surface area contributed by atoms with E-state index in [1.54, 1.807) is 24.1 Å². The van der Waals surface area contributed by atoms with Crippen molar-refractivity contribution < 1.29 is 9.59 Å². The monoisotopic (exact) mass is 386 g/mol. The molecule has 0 atom stereocenters. The van der Waals surface area contributed by atoms with Crippen molar-refractivity contribution in [2.24, 2.45) is 0 Å². The summed E-state index contributed by atoms with van der Waals surface area (Å²) >= 11 is 0. The largest absolute Gasteiger partial charge is 0.348 e. The van der Waals surface area contributed by atoms with Crippen molar-refractivity contribution in [1.29, 1.82) is 0 Å². The maximum absolute atomic E-state index is 12.4. The minimum atomic E-state index is -0.125. The summed E-state index contributed by atoms with van der Waals surface area (Å²) in [6, 6.07) is 24.7. The zero-order valence-corrected chi connectivity index (χ0v) is 16.1. The highest BCUT2D eigenvalue weighted by Crippen LogP contribution is 2.32. The summed E-state index contributed by atoms with van der Waals surface area (Å²) < 4.78 is 0. The fraction of sp³-hybridized carbons (Fsp3) is 0.130. The average Bonchev–Trinajstić information content (AvgIpc) is 2.77. The van der Waals surface area contributed by atoms with E-state index in [0.29, 0.717) is 12.1 Å². The molecule has 146 valence electrons. The summed E-state index contributed by atoms with van der Waals surface area (Å²) in [5.41, 5.74) is 7.49. The number of hydrogen-bond donors (Lipinski definition) is 2. The predicted molar refractivity (Wildman–Crippen MR) is 115 cm³/mol. The van der Waals surface area contributed by atoms with Gasteiger partial charge >= 0.3 is 0 Å². The Kier molecular flexibility index (Phi) is 5.16. The van der Waals surface area contributed by atoms with Crippen LogP contribution in [0, 0.1) is 0 Å². The van der Waals surface area contributed by atoms with Crippen molar-refractivity contribution in [3.05, 3.63) is 90.0 Å². The fourth-order valence-electron chi connectivity index (χ4n) is 3.27. The van der Waals surface area contributed by atoms with Crippen molar-refractivity contribution in [2.45, 2.75) is 6.54 Å². The van der Waals surface area contributed by atoms with Gasteiger partial charge in [0.05, 0.1) is 17.1 Å². The van der Waals surface area contributed by atoms with Gasteiger partial charge in [-0.2, -0.15) is 0 Å². The minimum absolute atomic E-state index is 0.00751. The standard InChI is InChI=1S/C23H22N4O2/c1-26-20-9-5-6-10-21(20)27(16-22(26)28)25-19-13-11-18(12-14-19)23(29)24-15-17-7-3-2-4-8-17/h2-14,25H,15-16H2,1H3,(H,24,29). The van der Waals surface area contributed by atoms with Crippen LogP contribution in [0.2, 0.25) is 0 Å². The predicted octanol–water partition coefficient (Wildman–Crippen LogP) is 3.43. The number of benzene rings is 3. The first-order valence-electron chi connectivity index (χ1n) is 9.44. The number of fused-ring (bicyclic) bond motifs is 1. The molecule has 0 spiro atoms. The number of nitrogens with one attached hydrogen (secondary N) is 2. The molecule has 1 aliphatic heterocycles. The van der Waals surface area contributed by atoms with Crippen LogP contribution in [0.4, 0.5) is 17.1 Å². The number of nitrogens with zero attached hydrogens (tertiary/aromatic N) is 2. The molecule has 6 heteroatoms. The Morgan fingerprint density at radius 2 is 1.55 bits per heavy atom. The fourth-order valence-corrected chi connectivity index (χ4v) is 3.27. The number of carbonyl (C=O) groups is 2. The number of likely N-dealkylation sites (N-methyl/N-ethyl adjacent to an activating group) is 1. The number of anilines is 3. The second-order valence-corrected chi connectivity index (χ2v) is 6.89. The van der Waals surface area contributed by atoms with Crippen LogP contribution >= 0.6 is 0 Å². The van der Waals surface area contributed by atoms with Gasteiger partial charge in [0.1, 0.15) is 6.54 Å². The van der Waals surface area contributed by atoms with Crippen molar-refractivity contribution in [3.8, 4) is 0 Å². The van der Waals surface area contributed by atoms with E-state index in [0.717, 1.165) is 22.6 Å². The SMILES string of the molecule is CN1C(=O)CN(Nc2ccc(C(=O)NCc3ccccc3)cc2)c2ccccc21. The van der Waals surface area contributed by atoms with Gasteiger partial charge in [-0.15, -0.1) is 0 Å². The molecule has 0 aliphatic carbocycles. The lowest BCUT2D eigenvalue weighted by Crippen LogP contribution is -2.46. The molecule has 0 saturated heterocycles. The first-order valence-corrected chi connectivity index (χ1v) is 9.44. The summed E-state index contributed by atoms with van der Waals surface area (Å²) in [4.78, 5) is 26.3. The maximum atomic E-state index is 12.4. The van der Waals surface area contributed by atoms with Gasteiger partial charge in [0.15, 0.2) is 0 Å². The Bertz CT molecular complexity index is 1020. The molecule has 3 aromatic carbocycles. The molecule has 29 heavy (non-hydrogen) atoms. The lowest BCUT2D eigenvalue weighted by molar-refractivity contribution is -0.117. The zero-order chi connectivity index (χ0) is 20.2. The average molecular weight is 386 g/mol. The molecule has 1 heterocycles. The summed E-state index contributed by atoms with van der Waals surface area (Å²) in [6.07, 6.45) is 0. The minimum Gasteiger partial charge on any atom is -0.348 e. The molecule has 0 radical (unpaired) electrons. The first kappa shape index (κ1) is 18.6. The summed E-state index contributed by atoms with van der Waals surface area (Å²) in [5.74, 6) is -0.117. The summed E-state index contributed by atoms with van der Waals surface area (Å²) in [7, 11) is 1.78. The van der Waals surface area contributed by atoms with Gasteiger partial charge in [-0.1, -0.05) is 42.5 Å². The van der Waals surface area contributed by atoms with Gasteiger partial charge in [-0.25, -0.2) is 0 Å². The Morgan fingerprint density at radius 1 is 0.897 bits per heavy atom. The molecule has 4 rings (SSSR count). The van der Waals surface area contributed by atoms with E-state index >= 15 is 0 Å². The number of rotatable bonds is 5. The van der Waals surface area contributed by atoms with Crippen molar-refractivity contribution in [1.82, 2.24) is 5.32 Å². The number of amides is 2. The molecular formula is C23H22N4O2. The number of hydrazine groups is 1. The smallest absolute Gasteiger partial charge is 0.251 e. The van der Waals surface area contributed by atoms with Gasteiger partial charge in [-0.3, -0.25) is 20.0 Å². The summed E-state index contributed by atoms with van der Waals surface area (Å²) in [5, 5.41) is 4.74. The maximum Gasteiger partial charge on any atom is 0.251 e. The molecule has 3 aromatic rings. The van der Waals surface area contributed by atoms with Gasteiger partial charge < -0.3 is 10.2 Å². The second-order valence-electron chi connectivity index (χ2n) is 6.89. The van der Waals surface area contributed by atoms with Gasteiger partial charge in [0.2, 0.25) is 5.91 Å². The van der Waals surface area contributed by atoms with E-state index in [9.17, 15) is 9.59 Å². The third kappa shape index (κ3) is 4.06. The highest BCUT2D eigenvalue weighted by Gasteiger charge is 2.26.